The van der Waals surface area contributed by atoms with E-state index in [1.807, 2.05) is 6.92 Å². The molecular formula is C29H22N2O7. The van der Waals surface area contributed by atoms with Crippen LogP contribution in [0.3, 0.4) is 0 Å². The molecule has 2 aliphatic heterocycles. The van der Waals surface area contributed by atoms with Crippen LogP contribution in [0.2, 0.25) is 0 Å². The minimum atomic E-state index is -0.630. The maximum absolute atomic E-state index is 13.3. The first kappa shape index (κ1) is 24.8. The van der Waals surface area contributed by atoms with Crippen molar-refractivity contribution in [2.24, 2.45) is 0 Å². The van der Waals surface area contributed by atoms with Crippen LogP contribution in [0.5, 0.6) is 0 Å². The average molecular weight is 511 g/mol. The van der Waals surface area contributed by atoms with Gasteiger partial charge in [0.2, 0.25) is 0 Å². The molecule has 3 aromatic rings. The van der Waals surface area contributed by atoms with Crippen LogP contribution in [0, 0.1) is 6.92 Å². The number of aryl methyl sites for hydroxylation is 1. The minimum Gasteiger partial charge on any atom is -0.462 e. The molecule has 4 amide bonds. The molecule has 190 valence electrons. The quantitative estimate of drug-likeness (QED) is 0.281. The Labute approximate surface area is 217 Å². The van der Waals surface area contributed by atoms with Gasteiger partial charge in [0, 0.05) is 18.2 Å². The van der Waals surface area contributed by atoms with Crippen molar-refractivity contribution in [3.63, 3.8) is 0 Å². The Morgan fingerprint density at radius 1 is 0.711 bits per heavy atom. The summed E-state index contributed by atoms with van der Waals surface area (Å²) in [6.07, 6.45) is 0.654. The van der Waals surface area contributed by atoms with Crippen LogP contribution < -0.4 is 4.90 Å². The third kappa shape index (κ3) is 3.88. The van der Waals surface area contributed by atoms with Gasteiger partial charge in [0.15, 0.2) is 5.78 Å². The Morgan fingerprint density at radius 3 is 1.89 bits per heavy atom. The van der Waals surface area contributed by atoms with Crippen molar-refractivity contribution in [2.75, 3.05) is 18.6 Å². The van der Waals surface area contributed by atoms with E-state index in [0.29, 0.717) is 12.0 Å². The lowest BCUT2D eigenvalue weighted by Gasteiger charge is -2.16. The molecule has 0 aliphatic carbocycles. The molecular weight excluding hydrogens is 488 g/mol. The number of imide groups is 2. The fourth-order valence-electron chi connectivity index (χ4n) is 4.57. The third-order valence-electron chi connectivity index (χ3n) is 6.49. The molecule has 0 spiro atoms. The van der Waals surface area contributed by atoms with Crippen molar-refractivity contribution in [1.29, 1.82) is 0 Å². The smallest absolute Gasteiger partial charge is 0.338 e. The Bertz CT molecular complexity index is 1600. The number of amides is 4. The van der Waals surface area contributed by atoms with Crippen LogP contribution in [0.4, 0.5) is 5.69 Å². The van der Waals surface area contributed by atoms with Gasteiger partial charge in [-0.2, -0.15) is 0 Å². The van der Waals surface area contributed by atoms with Gasteiger partial charge in [0.1, 0.15) is 0 Å². The first-order chi connectivity index (χ1) is 18.1. The number of ketones is 1. The number of nitrogens with zero attached hydrogens (tertiary/aromatic N) is 2. The summed E-state index contributed by atoms with van der Waals surface area (Å²) in [7, 11) is 1.37. The van der Waals surface area contributed by atoms with Gasteiger partial charge < -0.3 is 4.74 Å². The average Bonchev–Trinajstić information content (AvgIpc) is 3.29. The highest BCUT2D eigenvalue weighted by molar-refractivity contribution is 6.35. The number of ether oxygens (including phenoxy) is 1. The van der Waals surface area contributed by atoms with Gasteiger partial charge >= 0.3 is 5.97 Å². The molecule has 0 fully saturated rings. The van der Waals surface area contributed by atoms with Crippen molar-refractivity contribution in [2.45, 2.75) is 20.3 Å². The maximum Gasteiger partial charge on any atom is 0.338 e. The zero-order valence-electron chi connectivity index (χ0n) is 20.9. The van der Waals surface area contributed by atoms with Crippen molar-refractivity contribution in [3.8, 4) is 0 Å². The Hall–Kier alpha value is -4.92. The number of anilines is 1. The van der Waals surface area contributed by atoms with E-state index >= 15 is 0 Å². The zero-order valence-corrected chi connectivity index (χ0v) is 20.9. The fourth-order valence-corrected chi connectivity index (χ4v) is 4.57. The topological polar surface area (TPSA) is 118 Å². The summed E-state index contributed by atoms with van der Waals surface area (Å²) in [4.78, 5) is 78.6. The number of benzene rings is 3. The monoisotopic (exact) mass is 510 g/mol. The predicted octanol–water partition coefficient (Wildman–Crippen LogP) is 3.82. The van der Waals surface area contributed by atoms with Crippen molar-refractivity contribution < 1.29 is 33.5 Å². The normalized spacial score (nSPS) is 14.2. The van der Waals surface area contributed by atoms with Crippen molar-refractivity contribution >= 4 is 41.1 Å². The second-order valence-electron chi connectivity index (χ2n) is 9.16. The summed E-state index contributed by atoms with van der Waals surface area (Å²) in [5.41, 5.74) is 1.94. The SMILES string of the molecule is CCCOC(=O)c1cc(C)cc(N2C(=O)c3ccc(C(=O)c4ccc5c(c4)C(=O)N(C)C5=O)cc3C2=O)c1. The first-order valence-corrected chi connectivity index (χ1v) is 11.9. The molecule has 38 heavy (non-hydrogen) atoms. The molecule has 5 rings (SSSR count). The summed E-state index contributed by atoms with van der Waals surface area (Å²) < 4.78 is 5.19. The van der Waals surface area contributed by atoms with Gasteiger partial charge in [-0.1, -0.05) is 19.1 Å². The number of hydrogen-bond donors (Lipinski definition) is 0. The van der Waals surface area contributed by atoms with E-state index in [4.69, 9.17) is 4.74 Å². The lowest BCUT2D eigenvalue weighted by Crippen LogP contribution is -2.29. The number of rotatable bonds is 6. The van der Waals surface area contributed by atoms with Gasteiger partial charge in [-0.3, -0.25) is 28.9 Å². The highest BCUT2D eigenvalue weighted by Crippen LogP contribution is 2.31. The third-order valence-corrected chi connectivity index (χ3v) is 6.49. The standard InChI is InChI=1S/C29H22N2O7/c1-4-9-38-29(37)18-10-15(2)11-19(12-18)31-27(35)21-8-6-17(14-23(21)28(31)36)24(32)16-5-7-20-22(13-16)26(34)30(3)25(20)33/h5-8,10-14H,4,9H2,1-3H3. The van der Waals surface area contributed by atoms with Crippen LogP contribution >= 0.6 is 0 Å². The Morgan fingerprint density at radius 2 is 1.26 bits per heavy atom. The number of fused-ring (bicyclic) bond motifs is 2. The largest absolute Gasteiger partial charge is 0.462 e. The zero-order chi connectivity index (χ0) is 27.3. The number of hydrogen-bond acceptors (Lipinski definition) is 7. The Balaban J connectivity index is 1.46. The van der Waals surface area contributed by atoms with E-state index in [2.05, 4.69) is 0 Å². The summed E-state index contributed by atoms with van der Waals surface area (Å²) >= 11 is 0. The maximum atomic E-state index is 13.3. The minimum absolute atomic E-state index is 0.0459. The van der Waals surface area contributed by atoms with Crippen LogP contribution in [-0.2, 0) is 4.74 Å². The van der Waals surface area contributed by atoms with Crippen LogP contribution in [0.25, 0.3) is 0 Å². The highest BCUT2D eigenvalue weighted by atomic mass is 16.5. The molecule has 2 heterocycles. The second kappa shape index (κ2) is 9.19. The van der Waals surface area contributed by atoms with Crippen LogP contribution in [0.1, 0.15) is 86.6 Å². The first-order valence-electron chi connectivity index (χ1n) is 11.9. The number of esters is 1. The molecule has 0 aromatic heterocycles. The van der Waals surface area contributed by atoms with Crippen LogP contribution in [-0.4, -0.2) is 53.9 Å². The molecule has 0 unspecified atom stereocenters. The Kier molecular flexibility index (Phi) is 5.99. The molecule has 3 aromatic carbocycles. The van der Waals surface area contributed by atoms with E-state index in [-0.39, 0.29) is 51.2 Å². The molecule has 0 atom stereocenters. The molecule has 0 N–H and O–H groups in total. The van der Waals surface area contributed by atoms with Crippen molar-refractivity contribution in [3.05, 3.63) is 99.1 Å². The molecule has 9 nitrogen and oxygen atoms in total. The van der Waals surface area contributed by atoms with Gasteiger partial charge in [0.05, 0.1) is 40.1 Å². The summed E-state index contributed by atoms with van der Waals surface area (Å²) in [6, 6.07) is 13.1. The van der Waals surface area contributed by atoms with Gasteiger partial charge in [-0.05, 0) is 61.4 Å². The fraction of sp³-hybridized carbons (Fsp3) is 0.172. The summed E-state index contributed by atoms with van der Waals surface area (Å²) in [5, 5.41) is 0. The lowest BCUT2D eigenvalue weighted by atomic mass is 9.96. The molecule has 2 aliphatic rings. The molecule has 0 saturated heterocycles. The van der Waals surface area contributed by atoms with Gasteiger partial charge in [-0.15, -0.1) is 0 Å². The van der Waals surface area contributed by atoms with E-state index < -0.39 is 35.4 Å². The van der Waals surface area contributed by atoms with E-state index in [1.54, 1.807) is 19.1 Å². The number of carbonyl (C=O) groups is 6. The summed E-state index contributed by atoms with van der Waals surface area (Å²) in [6.45, 7) is 3.86. The lowest BCUT2D eigenvalue weighted by molar-refractivity contribution is 0.0503. The van der Waals surface area contributed by atoms with Crippen molar-refractivity contribution in [1.82, 2.24) is 4.90 Å². The molecule has 9 heteroatoms. The predicted molar refractivity (Wildman–Crippen MR) is 136 cm³/mol. The molecule has 0 saturated carbocycles. The molecule has 0 radical (unpaired) electrons. The second-order valence-corrected chi connectivity index (χ2v) is 9.16. The number of carbonyl (C=O) groups excluding carboxylic acids is 6. The van der Waals surface area contributed by atoms with Crippen LogP contribution in [0.15, 0.2) is 54.6 Å². The molecule has 0 bridgehead atoms. The van der Waals surface area contributed by atoms with E-state index in [0.717, 1.165) is 9.80 Å². The van der Waals surface area contributed by atoms with Gasteiger partial charge in [0.25, 0.3) is 23.6 Å². The van der Waals surface area contributed by atoms with E-state index in [9.17, 15) is 28.8 Å². The highest BCUT2D eigenvalue weighted by Gasteiger charge is 2.38. The van der Waals surface area contributed by atoms with E-state index in [1.165, 1.54) is 49.5 Å². The summed E-state index contributed by atoms with van der Waals surface area (Å²) in [5.74, 6) is -3.17. The van der Waals surface area contributed by atoms with Gasteiger partial charge in [-0.25, -0.2) is 9.69 Å².